The Morgan fingerprint density at radius 3 is 2.43 bits per heavy atom. The monoisotopic (exact) mass is 296 g/mol. The fraction of sp³-hybridized carbons (Fsp3) is 0.875. The molecule has 0 aromatic rings. The fourth-order valence-corrected chi connectivity index (χ4v) is 3.09. The van der Waals surface area contributed by atoms with Gasteiger partial charge in [-0.3, -0.25) is 4.79 Å². The maximum atomic E-state index is 12.0. The summed E-state index contributed by atoms with van der Waals surface area (Å²) in [5.41, 5.74) is -0.427. The number of piperidine rings is 1. The van der Waals surface area contributed by atoms with E-state index in [-0.39, 0.29) is 17.9 Å². The fourth-order valence-electron chi connectivity index (χ4n) is 3.09. The van der Waals surface area contributed by atoms with Crippen LogP contribution in [0.5, 0.6) is 0 Å². The first kappa shape index (κ1) is 16.1. The van der Waals surface area contributed by atoms with Crippen LogP contribution in [0.4, 0.5) is 4.79 Å². The third-order valence-corrected chi connectivity index (χ3v) is 4.35. The van der Waals surface area contributed by atoms with Crippen LogP contribution < -0.4 is 5.32 Å². The average Bonchev–Trinajstić information content (AvgIpc) is 2.80. The van der Waals surface area contributed by atoms with Crippen molar-refractivity contribution in [2.45, 2.75) is 58.5 Å². The van der Waals surface area contributed by atoms with Crippen molar-refractivity contribution in [1.82, 2.24) is 10.2 Å². The van der Waals surface area contributed by atoms with Gasteiger partial charge in [-0.2, -0.15) is 0 Å². The number of hydrogen-bond acceptors (Lipinski definition) is 3. The number of carbonyl (C=O) groups is 2. The van der Waals surface area contributed by atoms with Crippen LogP contribution >= 0.6 is 0 Å². The highest BCUT2D eigenvalue weighted by atomic mass is 16.6. The molecule has 0 aromatic carbocycles. The van der Waals surface area contributed by atoms with Crippen molar-refractivity contribution in [3.63, 3.8) is 0 Å². The Balaban J connectivity index is 1.68. The first-order valence-electron chi connectivity index (χ1n) is 8.11. The molecule has 0 aromatic heterocycles. The van der Waals surface area contributed by atoms with E-state index in [4.69, 9.17) is 4.74 Å². The molecule has 0 saturated carbocycles. The number of likely N-dealkylation sites (tertiary alicyclic amines) is 1. The van der Waals surface area contributed by atoms with Crippen LogP contribution in [0.25, 0.3) is 0 Å². The Hall–Kier alpha value is -1.26. The number of hydrogen-bond donors (Lipinski definition) is 1. The molecule has 0 radical (unpaired) electrons. The van der Waals surface area contributed by atoms with Gasteiger partial charge in [0, 0.05) is 25.6 Å². The third kappa shape index (κ3) is 4.90. The third-order valence-electron chi connectivity index (χ3n) is 4.35. The van der Waals surface area contributed by atoms with Gasteiger partial charge in [0.05, 0.1) is 0 Å². The predicted molar refractivity (Wildman–Crippen MR) is 80.9 cm³/mol. The Morgan fingerprint density at radius 2 is 1.90 bits per heavy atom. The largest absolute Gasteiger partial charge is 0.444 e. The zero-order valence-corrected chi connectivity index (χ0v) is 13.5. The Morgan fingerprint density at radius 1 is 1.24 bits per heavy atom. The van der Waals surface area contributed by atoms with E-state index in [0.29, 0.717) is 5.92 Å². The van der Waals surface area contributed by atoms with Gasteiger partial charge in [-0.05, 0) is 58.8 Å². The molecule has 0 aliphatic carbocycles. The summed E-state index contributed by atoms with van der Waals surface area (Å²) in [6.07, 6.45) is 4.91. The van der Waals surface area contributed by atoms with Gasteiger partial charge in [0.2, 0.25) is 5.91 Å². The molecule has 2 rings (SSSR count). The number of carbonyl (C=O) groups excluding carboxylic acids is 2. The normalized spacial score (nSPS) is 24.0. The minimum Gasteiger partial charge on any atom is -0.444 e. The van der Waals surface area contributed by atoms with Gasteiger partial charge in [-0.25, -0.2) is 4.79 Å². The molecular weight excluding hydrogens is 268 g/mol. The number of ether oxygens (including phenoxy) is 1. The van der Waals surface area contributed by atoms with E-state index >= 15 is 0 Å². The molecule has 2 saturated heterocycles. The van der Waals surface area contributed by atoms with E-state index in [1.54, 1.807) is 0 Å². The van der Waals surface area contributed by atoms with Crippen LogP contribution in [-0.4, -0.2) is 42.1 Å². The van der Waals surface area contributed by atoms with Crippen LogP contribution in [0.2, 0.25) is 0 Å². The lowest BCUT2D eigenvalue weighted by molar-refractivity contribution is -0.122. The summed E-state index contributed by atoms with van der Waals surface area (Å²) < 4.78 is 5.40. The van der Waals surface area contributed by atoms with E-state index in [9.17, 15) is 9.59 Å². The summed E-state index contributed by atoms with van der Waals surface area (Å²) in [6, 6.07) is 0. The second kappa shape index (κ2) is 6.67. The minimum absolute atomic E-state index is 0.198. The Labute approximate surface area is 127 Å². The lowest BCUT2D eigenvalue weighted by Gasteiger charge is -2.33. The van der Waals surface area contributed by atoms with Gasteiger partial charge in [0.1, 0.15) is 5.60 Å². The summed E-state index contributed by atoms with van der Waals surface area (Å²) in [5, 5.41) is 2.89. The molecule has 0 bridgehead atoms. The maximum absolute atomic E-state index is 12.0. The molecule has 1 N–H and O–H groups in total. The van der Waals surface area contributed by atoms with Gasteiger partial charge in [0.15, 0.2) is 0 Å². The maximum Gasteiger partial charge on any atom is 0.410 e. The molecule has 1 atom stereocenters. The van der Waals surface area contributed by atoms with Crippen molar-refractivity contribution in [2.75, 3.05) is 19.6 Å². The van der Waals surface area contributed by atoms with Crippen LogP contribution in [-0.2, 0) is 9.53 Å². The number of nitrogens with one attached hydrogen (secondary N) is 1. The van der Waals surface area contributed by atoms with Crippen LogP contribution in [0.15, 0.2) is 0 Å². The van der Waals surface area contributed by atoms with E-state index < -0.39 is 5.60 Å². The molecule has 0 spiro atoms. The molecule has 5 nitrogen and oxygen atoms in total. The minimum atomic E-state index is -0.427. The molecule has 21 heavy (non-hydrogen) atoms. The predicted octanol–water partition coefficient (Wildman–Crippen LogP) is 2.55. The molecule has 2 fully saturated rings. The Bertz CT molecular complexity index is 381. The summed E-state index contributed by atoms with van der Waals surface area (Å²) >= 11 is 0. The van der Waals surface area contributed by atoms with Gasteiger partial charge in [0.25, 0.3) is 0 Å². The molecule has 2 aliphatic rings. The standard InChI is InChI=1S/C16H28N2O3/c1-16(2,3)21-15(20)18-10-7-12(8-11-18)4-5-13-6-9-17-14(13)19/h12-13H,4-11H2,1-3H3,(H,17,19). The average molecular weight is 296 g/mol. The summed E-state index contributed by atoms with van der Waals surface area (Å²) in [7, 11) is 0. The van der Waals surface area contributed by atoms with Gasteiger partial charge >= 0.3 is 6.09 Å². The van der Waals surface area contributed by atoms with Crippen LogP contribution in [0, 0.1) is 11.8 Å². The molecule has 5 heteroatoms. The van der Waals surface area contributed by atoms with Crippen LogP contribution in [0.3, 0.4) is 0 Å². The molecule has 2 heterocycles. The molecule has 1 unspecified atom stereocenters. The topological polar surface area (TPSA) is 58.6 Å². The summed E-state index contributed by atoms with van der Waals surface area (Å²) in [4.78, 5) is 25.3. The lowest BCUT2D eigenvalue weighted by Crippen LogP contribution is -2.41. The van der Waals surface area contributed by atoms with Crippen LogP contribution in [0.1, 0.15) is 52.9 Å². The summed E-state index contributed by atoms with van der Waals surface area (Å²) in [6.45, 7) is 8.06. The molecular formula is C16H28N2O3. The van der Waals surface area contributed by atoms with Gasteiger partial charge < -0.3 is 15.0 Å². The lowest BCUT2D eigenvalue weighted by atomic mass is 9.88. The van der Waals surface area contributed by atoms with Gasteiger partial charge in [-0.1, -0.05) is 0 Å². The highest BCUT2D eigenvalue weighted by Crippen LogP contribution is 2.26. The van der Waals surface area contributed by atoms with Crippen molar-refractivity contribution in [3.8, 4) is 0 Å². The zero-order valence-electron chi connectivity index (χ0n) is 13.5. The highest BCUT2D eigenvalue weighted by Gasteiger charge is 2.29. The van der Waals surface area contributed by atoms with Crippen molar-refractivity contribution in [3.05, 3.63) is 0 Å². The van der Waals surface area contributed by atoms with E-state index in [2.05, 4.69) is 5.32 Å². The first-order valence-corrected chi connectivity index (χ1v) is 8.11. The SMILES string of the molecule is CC(C)(C)OC(=O)N1CCC(CCC2CCNC2=O)CC1. The second-order valence-corrected chi connectivity index (χ2v) is 7.26. The number of amides is 2. The van der Waals surface area contributed by atoms with Crippen molar-refractivity contribution >= 4 is 12.0 Å². The van der Waals surface area contributed by atoms with E-state index in [1.165, 1.54) is 0 Å². The van der Waals surface area contributed by atoms with Crippen molar-refractivity contribution in [2.24, 2.45) is 11.8 Å². The molecule has 2 aliphatic heterocycles. The number of nitrogens with zero attached hydrogens (tertiary/aromatic N) is 1. The zero-order chi connectivity index (χ0) is 15.5. The first-order chi connectivity index (χ1) is 9.85. The smallest absolute Gasteiger partial charge is 0.410 e. The van der Waals surface area contributed by atoms with E-state index in [0.717, 1.165) is 51.7 Å². The summed E-state index contributed by atoms with van der Waals surface area (Å²) in [5.74, 6) is 1.08. The second-order valence-electron chi connectivity index (χ2n) is 7.26. The Kier molecular flexibility index (Phi) is 5.12. The molecule has 2 amide bonds. The quantitative estimate of drug-likeness (QED) is 0.870. The van der Waals surface area contributed by atoms with Crippen molar-refractivity contribution in [1.29, 1.82) is 0 Å². The molecule has 120 valence electrons. The van der Waals surface area contributed by atoms with Gasteiger partial charge in [-0.15, -0.1) is 0 Å². The highest BCUT2D eigenvalue weighted by molar-refractivity contribution is 5.80. The van der Waals surface area contributed by atoms with E-state index in [1.807, 2.05) is 25.7 Å². The van der Waals surface area contributed by atoms with Crippen molar-refractivity contribution < 1.29 is 14.3 Å². The number of rotatable bonds is 3.